The fourth-order valence-corrected chi connectivity index (χ4v) is 2.54. The van der Waals surface area contributed by atoms with Crippen LogP contribution in [0.15, 0.2) is 42.6 Å². The molecular weight excluding hydrogens is 300 g/mol. The molecule has 0 radical (unpaired) electrons. The quantitative estimate of drug-likeness (QED) is 0.800. The minimum Gasteiger partial charge on any atom is -0.497 e. The molecule has 0 aliphatic heterocycles. The van der Waals surface area contributed by atoms with E-state index in [4.69, 9.17) is 16.3 Å². The van der Waals surface area contributed by atoms with E-state index >= 15 is 0 Å². The summed E-state index contributed by atoms with van der Waals surface area (Å²) in [6.07, 6.45) is 1.08. The van der Waals surface area contributed by atoms with Gasteiger partial charge < -0.3 is 15.2 Å². The highest BCUT2D eigenvalue weighted by Crippen LogP contribution is 2.23. The van der Waals surface area contributed by atoms with Crippen LogP contribution in [0, 0.1) is 0 Å². The minimum atomic E-state index is -0.606. The fourth-order valence-electron chi connectivity index (χ4n) is 2.36. The van der Waals surface area contributed by atoms with Crippen molar-refractivity contribution < 1.29 is 9.84 Å². The van der Waals surface area contributed by atoms with Crippen LogP contribution in [0.5, 0.6) is 5.75 Å². The molecule has 1 aromatic heterocycles. The number of methoxy groups -OCH3 is 1. The van der Waals surface area contributed by atoms with Gasteiger partial charge >= 0.3 is 0 Å². The van der Waals surface area contributed by atoms with Crippen LogP contribution in [0.2, 0.25) is 5.15 Å². The van der Waals surface area contributed by atoms with E-state index in [-0.39, 0.29) is 12.1 Å². The molecule has 5 heteroatoms. The van der Waals surface area contributed by atoms with Crippen LogP contribution < -0.4 is 10.1 Å². The van der Waals surface area contributed by atoms with Crippen LogP contribution in [0.3, 0.4) is 0 Å². The molecule has 0 fully saturated rings. The molecule has 3 unspecified atom stereocenters. The van der Waals surface area contributed by atoms with Gasteiger partial charge in [-0.1, -0.05) is 23.7 Å². The number of nitrogens with one attached hydrogen (secondary N) is 1. The van der Waals surface area contributed by atoms with E-state index in [0.29, 0.717) is 5.15 Å². The zero-order chi connectivity index (χ0) is 16.1. The van der Waals surface area contributed by atoms with Gasteiger partial charge in [0.2, 0.25) is 0 Å². The molecule has 1 heterocycles. The Morgan fingerprint density at radius 2 is 1.82 bits per heavy atom. The van der Waals surface area contributed by atoms with Crippen molar-refractivity contribution in [2.24, 2.45) is 0 Å². The summed E-state index contributed by atoms with van der Waals surface area (Å²) in [5.74, 6) is 0.774. The first-order valence-electron chi connectivity index (χ1n) is 7.20. The molecule has 0 saturated heterocycles. The molecule has 118 valence electrons. The maximum Gasteiger partial charge on any atom is 0.129 e. The van der Waals surface area contributed by atoms with Gasteiger partial charge in [0.25, 0.3) is 0 Å². The summed E-state index contributed by atoms with van der Waals surface area (Å²) in [7, 11) is 1.62. The molecule has 4 nitrogen and oxygen atoms in total. The number of rotatable bonds is 6. The van der Waals surface area contributed by atoms with E-state index in [2.05, 4.69) is 10.3 Å². The minimum absolute atomic E-state index is 0.0587. The molecule has 0 aliphatic rings. The Hall–Kier alpha value is -1.62. The second-order valence-corrected chi connectivity index (χ2v) is 5.69. The highest BCUT2D eigenvalue weighted by atomic mass is 35.5. The predicted octanol–water partition coefficient (Wildman–Crippen LogP) is 3.52. The zero-order valence-corrected chi connectivity index (χ0v) is 13.7. The molecular formula is C17H21ClN2O2. The number of pyridine rings is 1. The van der Waals surface area contributed by atoms with Crippen LogP contribution in [0.4, 0.5) is 0 Å². The number of aliphatic hydroxyl groups excluding tert-OH is 1. The van der Waals surface area contributed by atoms with Gasteiger partial charge in [-0.3, -0.25) is 0 Å². The molecule has 2 rings (SSSR count). The summed E-state index contributed by atoms with van der Waals surface area (Å²) in [5, 5.41) is 14.3. The molecule has 0 spiro atoms. The Morgan fingerprint density at radius 1 is 1.14 bits per heavy atom. The number of aliphatic hydroxyl groups is 1. The number of aromatic nitrogens is 1. The second kappa shape index (κ2) is 7.58. The number of nitrogens with zero attached hydrogens (tertiary/aromatic N) is 1. The maximum atomic E-state index is 10.5. The van der Waals surface area contributed by atoms with Gasteiger partial charge in [-0.05, 0) is 49.2 Å². The number of hydrogen-bond acceptors (Lipinski definition) is 4. The third-order valence-corrected chi connectivity index (χ3v) is 3.90. The first kappa shape index (κ1) is 16.7. The Bertz CT molecular complexity index is 604. The van der Waals surface area contributed by atoms with Crippen molar-refractivity contribution >= 4 is 11.6 Å². The van der Waals surface area contributed by atoms with Crippen LogP contribution in [0.25, 0.3) is 0 Å². The number of hydrogen-bond donors (Lipinski definition) is 2. The Kier molecular flexibility index (Phi) is 5.77. The Labute approximate surface area is 136 Å². The Morgan fingerprint density at radius 3 is 2.41 bits per heavy atom. The van der Waals surface area contributed by atoms with Crippen LogP contribution in [-0.4, -0.2) is 23.2 Å². The molecule has 2 aromatic rings. The lowest BCUT2D eigenvalue weighted by Crippen LogP contribution is -2.34. The SMILES string of the molecule is COc1ccc(C(O)C(C)NC(C)c2ccnc(Cl)c2)cc1. The molecule has 3 atom stereocenters. The van der Waals surface area contributed by atoms with Crippen molar-refractivity contribution in [2.45, 2.75) is 32.0 Å². The topological polar surface area (TPSA) is 54.4 Å². The van der Waals surface area contributed by atoms with Crippen molar-refractivity contribution in [1.29, 1.82) is 0 Å². The number of halogens is 1. The third kappa shape index (κ3) is 4.19. The zero-order valence-electron chi connectivity index (χ0n) is 13.0. The van der Waals surface area contributed by atoms with Crippen molar-refractivity contribution in [1.82, 2.24) is 10.3 Å². The largest absolute Gasteiger partial charge is 0.497 e. The molecule has 22 heavy (non-hydrogen) atoms. The summed E-state index contributed by atoms with van der Waals surface area (Å²) in [6, 6.07) is 11.1. The predicted molar refractivity (Wildman–Crippen MR) is 88.2 cm³/mol. The van der Waals surface area contributed by atoms with Gasteiger partial charge in [-0.25, -0.2) is 4.98 Å². The molecule has 1 aromatic carbocycles. The van der Waals surface area contributed by atoms with Crippen molar-refractivity contribution in [3.05, 3.63) is 58.9 Å². The molecule has 0 amide bonds. The van der Waals surface area contributed by atoms with Crippen molar-refractivity contribution in [3.8, 4) is 5.75 Å². The van der Waals surface area contributed by atoms with E-state index in [1.165, 1.54) is 0 Å². The maximum absolute atomic E-state index is 10.5. The van der Waals surface area contributed by atoms with E-state index in [1.807, 2.05) is 50.2 Å². The smallest absolute Gasteiger partial charge is 0.129 e. The Balaban J connectivity index is 2.02. The summed E-state index contributed by atoms with van der Waals surface area (Å²) in [5.41, 5.74) is 1.88. The lowest BCUT2D eigenvalue weighted by molar-refractivity contribution is 0.130. The van der Waals surface area contributed by atoms with Gasteiger partial charge in [0.1, 0.15) is 10.9 Å². The number of ether oxygens (including phenoxy) is 1. The average Bonchev–Trinajstić information content (AvgIpc) is 2.54. The van der Waals surface area contributed by atoms with Crippen molar-refractivity contribution in [2.75, 3.05) is 7.11 Å². The monoisotopic (exact) mass is 320 g/mol. The van der Waals surface area contributed by atoms with Gasteiger partial charge in [0.15, 0.2) is 0 Å². The first-order chi connectivity index (χ1) is 10.5. The first-order valence-corrected chi connectivity index (χ1v) is 7.58. The van der Waals surface area contributed by atoms with Crippen molar-refractivity contribution in [3.63, 3.8) is 0 Å². The second-order valence-electron chi connectivity index (χ2n) is 5.31. The summed E-state index contributed by atoms with van der Waals surface area (Å²) in [6.45, 7) is 3.98. The van der Waals surface area contributed by atoms with Gasteiger partial charge in [-0.15, -0.1) is 0 Å². The van der Waals surface area contributed by atoms with Gasteiger partial charge in [0, 0.05) is 18.3 Å². The standard InChI is InChI=1S/C17H21ClN2O2/c1-11(14-8-9-19-16(18)10-14)20-12(2)17(21)13-4-6-15(22-3)7-5-13/h4-12,17,20-21H,1-3H3. The molecule has 2 N–H and O–H groups in total. The summed E-state index contributed by atoms with van der Waals surface area (Å²) < 4.78 is 5.13. The lowest BCUT2D eigenvalue weighted by Gasteiger charge is -2.25. The van der Waals surface area contributed by atoms with Gasteiger partial charge in [0.05, 0.1) is 13.2 Å². The van der Waals surface area contributed by atoms with Gasteiger partial charge in [-0.2, -0.15) is 0 Å². The lowest BCUT2D eigenvalue weighted by atomic mass is 10.0. The molecule has 0 saturated carbocycles. The van der Waals surface area contributed by atoms with Crippen LogP contribution in [0.1, 0.15) is 37.1 Å². The highest BCUT2D eigenvalue weighted by Gasteiger charge is 2.19. The fraction of sp³-hybridized carbons (Fsp3) is 0.353. The molecule has 0 bridgehead atoms. The van der Waals surface area contributed by atoms with Crippen LogP contribution in [-0.2, 0) is 0 Å². The normalized spacial score (nSPS) is 15.1. The van der Waals surface area contributed by atoms with E-state index < -0.39 is 6.10 Å². The van der Waals surface area contributed by atoms with Crippen LogP contribution >= 0.6 is 11.6 Å². The number of benzene rings is 1. The van der Waals surface area contributed by atoms with E-state index in [0.717, 1.165) is 16.9 Å². The third-order valence-electron chi connectivity index (χ3n) is 3.69. The van der Waals surface area contributed by atoms with E-state index in [9.17, 15) is 5.11 Å². The highest BCUT2D eigenvalue weighted by molar-refractivity contribution is 6.29. The molecule has 0 aliphatic carbocycles. The van der Waals surface area contributed by atoms with E-state index in [1.54, 1.807) is 13.3 Å². The summed E-state index contributed by atoms with van der Waals surface area (Å²) in [4.78, 5) is 3.98. The average molecular weight is 321 g/mol. The summed E-state index contributed by atoms with van der Waals surface area (Å²) >= 11 is 5.91.